The van der Waals surface area contributed by atoms with Crippen LogP contribution >= 0.6 is 0 Å². The van der Waals surface area contributed by atoms with Crippen LogP contribution in [0.25, 0.3) is 0 Å². The van der Waals surface area contributed by atoms with Crippen molar-refractivity contribution in [2.24, 2.45) is 0 Å². The summed E-state index contributed by atoms with van der Waals surface area (Å²) in [6.07, 6.45) is 0. The summed E-state index contributed by atoms with van der Waals surface area (Å²) < 4.78 is 1.41. The van der Waals surface area contributed by atoms with Crippen LogP contribution in [0.5, 0.6) is 0 Å². The first-order valence-electron chi connectivity index (χ1n) is 2.91. The van der Waals surface area contributed by atoms with E-state index in [1.165, 1.54) is 10.2 Å². The van der Waals surface area contributed by atoms with Crippen molar-refractivity contribution in [2.75, 3.05) is 0 Å². The average molecular weight is 120 g/mol. The topological polar surface area (TPSA) is 17.8 Å². The summed E-state index contributed by atoms with van der Waals surface area (Å²) in [5.41, 5.74) is 3.22. The van der Waals surface area contributed by atoms with Crippen LogP contribution in [0.15, 0.2) is 0 Å². The van der Waals surface area contributed by atoms with Gasteiger partial charge in [0.2, 0.25) is 0 Å². The predicted octanol–water partition coefficient (Wildman–Crippen LogP) is 0.740. The molecule has 0 fully saturated rings. The van der Waals surface area contributed by atoms with Crippen molar-refractivity contribution >= 4 is 7.98 Å². The lowest BCUT2D eigenvalue weighted by atomic mass is 10.2. The van der Waals surface area contributed by atoms with Gasteiger partial charge in [-0.15, -0.1) is 0 Å². The fourth-order valence-electron chi connectivity index (χ4n) is 0.745. The molecule has 1 aromatic heterocycles. The molecule has 9 heavy (non-hydrogen) atoms. The van der Waals surface area contributed by atoms with E-state index in [4.69, 9.17) is 7.98 Å². The Hall–Kier alpha value is -0.725. The molecule has 2 nitrogen and oxygen atoms in total. The van der Waals surface area contributed by atoms with Gasteiger partial charge in [0.25, 0.3) is 7.98 Å². The maximum Gasteiger partial charge on any atom is 0.264 e. The van der Waals surface area contributed by atoms with Gasteiger partial charge in [0, 0.05) is 5.69 Å². The molecule has 1 aromatic rings. The third-order valence-electron chi connectivity index (χ3n) is 1.69. The first kappa shape index (κ1) is 6.40. The van der Waals surface area contributed by atoms with Crippen molar-refractivity contribution in [3.05, 3.63) is 17.0 Å². The Morgan fingerprint density at radius 2 is 1.89 bits per heavy atom. The van der Waals surface area contributed by atoms with Crippen LogP contribution in [0, 0.1) is 20.8 Å². The lowest BCUT2D eigenvalue weighted by Crippen LogP contribution is -1.95. The highest BCUT2D eigenvalue weighted by Gasteiger charge is 2.01. The number of hydrogen-bond acceptors (Lipinski definition) is 1. The second kappa shape index (κ2) is 1.90. The number of nitrogens with zero attached hydrogens (tertiary/aromatic N) is 2. The van der Waals surface area contributed by atoms with Crippen LogP contribution in [0.1, 0.15) is 17.0 Å². The highest BCUT2D eigenvalue weighted by molar-refractivity contribution is 6.06. The number of hydrogen-bond donors (Lipinski definition) is 0. The van der Waals surface area contributed by atoms with E-state index in [0.717, 1.165) is 11.4 Å². The molecule has 0 spiro atoms. The Balaban J connectivity index is 3.29. The van der Waals surface area contributed by atoms with E-state index in [0.29, 0.717) is 0 Å². The summed E-state index contributed by atoms with van der Waals surface area (Å²) in [7, 11) is 5.45. The van der Waals surface area contributed by atoms with E-state index < -0.39 is 0 Å². The Morgan fingerprint density at radius 3 is 2.00 bits per heavy atom. The standard InChI is InChI=1S/C6H9BN2/c1-4-5(2)8-9(7)6(4)3/h1-3H3. The van der Waals surface area contributed by atoms with E-state index >= 15 is 0 Å². The van der Waals surface area contributed by atoms with Gasteiger partial charge in [-0.1, -0.05) is 0 Å². The summed E-state index contributed by atoms with van der Waals surface area (Å²) in [5.74, 6) is 0. The third kappa shape index (κ3) is 0.868. The average Bonchev–Trinajstić information content (AvgIpc) is 1.98. The SMILES string of the molecule is [B]n1nc(C)c(C)c1C. The summed E-state index contributed by atoms with van der Waals surface area (Å²) >= 11 is 0. The van der Waals surface area contributed by atoms with Gasteiger partial charge in [0.05, 0.1) is 5.69 Å². The summed E-state index contributed by atoms with van der Waals surface area (Å²) in [6.45, 7) is 5.92. The molecule has 1 rings (SSSR count). The van der Waals surface area contributed by atoms with Crippen molar-refractivity contribution < 1.29 is 0 Å². The molecule has 0 saturated carbocycles. The van der Waals surface area contributed by atoms with Gasteiger partial charge in [-0.25, -0.2) is 0 Å². The fraction of sp³-hybridized carbons (Fsp3) is 0.500. The van der Waals surface area contributed by atoms with E-state index in [1.807, 2.05) is 20.8 Å². The smallest absolute Gasteiger partial charge is 0.264 e. The molecule has 0 aliphatic rings. The molecule has 46 valence electrons. The Kier molecular flexibility index (Phi) is 1.35. The van der Waals surface area contributed by atoms with Gasteiger partial charge >= 0.3 is 0 Å². The van der Waals surface area contributed by atoms with Crippen molar-refractivity contribution in [1.29, 1.82) is 0 Å². The maximum atomic E-state index is 5.45. The van der Waals surface area contributed by atoms with Crippen LogP contribution in [0.3, 0.4) is 0 Å². The minimum Gasteiger partial charge on any atom is -0.328 e. The van der Waals surface area contributed by atoms with Crippen molar-refractivity contribution in [2.45, 2.75) is 20.8 Å². The minimum absolute atomic E-state index is 1.01. The molecule has 0 aliphatic heterocycles. The molecule has 0 amide bonds. The van der Waals surface area contributed by atoms with Gasteiger partial charge in [-0.3, -0.25) is 0 Å². The van der Waals surface area contributed by atoms with Crippen molar-refractivity contribution in [3.8, 4) is 0 Å². The Morgan fingerprint density at radius 1 is 1.33 bits per heavy atom. The first-order valence-corrected chi connectivity index (χ1v) is 2.91. The molecule has 0 aromatic carbocycles. The molecule has 0 N–H and O–H groups in total. The molecular weight excluding hydrogens is 111 g/mol. The van der Waals surface area contributed by atoms with Gasteiger partial charge in [0.15, 0.2) is 0 Å². The van der Waals surface area contributed by atoms with Gasteiger partial charge in [-0.2, -0.15) is 5.10 Å². The van der Waals surface area contributed by atoms with Crippen molar-refractivity contribution in [1.82, 2.24) is 9.69 Å². The first-order chi connectivity index (χ1) is 4.13. The molecule has 0 unspecified atom stereocenters. The normalized spacial score (nSPS) is 10.1. The maximum absolute atomic E-state index is 5.45. The van der Waals surface area contributed by atoms with E-state index in [9.17, 15) is 0 Å². The minimum atomic E-state index is 1.01. The second-order valence-electron chi connectivity index (χ2n) is 2.24. The Bertz CT molecular complexity index is 205. The van der Waals surface area contributed by atoms with Crippen LogP contribution in [0.4, 0.5) is 0 Å². The van der Waals surface area contributed by atoms with Gasteiger partial charge in [0.1, 0.15) is 0 Å². The van der Waals surface area contributed by atoms with Crippen LogP contribution in [0.2, 0.25) is 0 Å². The van der Waals surface area contributed by atoms with E-state index in [2.05, 4.69) is 5.10 Å². The molecule has 0 aliphatic carbocycles. The third-order valence-corrected chi connectivity index (χ3v) is 1.69. The molecular formula is C6H9BN2. The summed E-state index contributed by atoms with van der Waals surface area (Å²) in [6, 6.07) is 0. The number of rotatable bonds is 0. The number of aryl methyl sites for hydroxylation is 1. The van der Waals surface area contributed by atoms with Crippen LogP contribution in [-0.4, -0.2) is 17.7 Å². The predicted molar refractivity (Wildman–Crippen MR) is 37.6 cm³/mol. The highest BCUT2D eigenvalue weighted by atomic mass is 15.2. The van der Waals surface area contributed by atoms with Gasteiger partial charge < -0.3 is 4.59 Å². The monoisotopic (exact) mass is 120 g/mol. The lowest BCUT2D eigenvalue weighted by Gasteiger charge is -1.91. The quantitative estimate of drug-likeness (QED) is 0.461. The van der Waals surface area contributed by atoms with E-state index in [-0.39, 0.29) is 0 Å². The highest BCUT2D eigenvalue weighted by Crippen LogP contribution is 2.07. The zero-order valence-corrected chi connectivity index (χ0v) is 5.97. The van der Waals surface area contributed by atoms with Crippen molar-refractivity contribution in [3.63, 3.8) is 0 Å². The van der Waals surface area contributed by atoms with E-state index in [1.54, 1.807) is 0 Å². The second-order valence-corrected chi connectivity index (χ2v) is 2.24. The molecule has 0 atom stereocenters. The lowest BCUT2D eigenvalue weighted by molar-refractivity contribution is 0.930. The van der Waals surface area contributed by atoms with Crippen LogP contribution < -0.4 is 0 Å². The molecule has 3 heteroatoms. The zero-order valence-electron chi connectivity index (χ0n) is 5.97. The largest absolute Gasteiger partial charge is 0.328 e. The number of aromatic nitrogens is 2. The summed E-state index contributed by atoms with van der Waals surface area (Å²) in [4.78, 5) is 0. The van der Waals surface area contributed by atoms with Crippen LogP contribution in [-0.2, 0) is 0 Å². The fourth-order valence-corrected chi connectivity index (χ4v) is 0.745. The van der Waals surface area contributed by atoms with Gasteiger partial charge in [-0.05, 0) is 26.3 Å². The zero-order chi connectivity index (χ0) is 7.02. The molecule has 2 radical (unpaired) electrons. The molecule has 1 heterocycles. The Labute approximate surface area is 56.3 Å². The molecule has 0 bridgehead atoms. The molecule has 0 saturated heterocycles. The summed E-state index contributed by atoms with van der Waals surface area (Å²) in [5, 5.41) is 4.00.